The highest BCUT2D eigenvalue weighted by Gasteiger charge is 2.38. The number of urea groups is 1. The minimum Gasteiger partial charge on any atom is -0.457 e. The Morgan fingerprint density at radius 2 is 1.25 bits per heavy atom. The number of nitrogens with zero attached hydrogens (tertiary/aromatic N) is 1. The normalized spacial score (nSPS) is 17.8. The number of benzene rings is 6. The van der Waals surface area contributed by atoms with Crippen LogP contribution in [0.5, 0.6) is 11.5 Å². The molecule has 4 unspecified atom stereocenters. The summed E-state index contributed by atoms with van der Waals surface area (Å²) < 4.78 is 25.7. The summed E-state index contributed by atoms with van der Waals surface area (Å²) in [4.78, 5) is 17.9. The van der Waals surface area contributed by atoms with Gasteiger partial charge in [-0.05, 0) is 59.7 Å². The number of nitrogens with one attached hydrogen (secondary N) is 2. The van der Waals surface area contributed by atoms with Crippen molar-refractivity contribution in [1.82, 2.24) is 4.98 Å². The summed E-state index contributed by atoms with van der Waals surface area (Å²) in [5.41, 5.74) is 6.59. The molecule has 10 heteroatoms. The van der Waals surface area contributed by atoms with Crippen LogP contribution in [0.15, 0.2) is 173 Å². The average Bonchev–Trinajstić information content (AvgIpc) is 3.70. The smallest absolute Gasteiger partial charge is 0.323 e. The third-order valence-electron chi connectivity index (χ3n) is 9.72. The lowest BCUT2D eigenvalue weighted by Crippen LogP contribution is -2.38. The van der Waals surface area contributed by atoms with Crippen LogP contribution in [0.25, 0.3) is 22.6 Å². The van der Waals surface area contributed by atoms with Gasteiger partial charge in [0, 0.05) is 39.7 Å². The largest absolute Gasteiger partial charge is 0.457 e. The maximum atomic E-state index is 12.9. The molecule has 286 valence electrons. The topological polar surface area (TPSA) is 115 Å². The molecule has 8 rings (SSSR count). The lowest BCUT2D eigenvalue weighted by Gasteiger charge is -2.41. The van der Waals surface area contributed by atoms with Gasteiger partial charge in [-0.25, -0.2) is 9.78 Å². The minimum absolute atomic E-state index is 0.0329. The molecule has 9 nitrogen and oxygen atoms in total. The summed E-state index contributed by atoms with van der Waals surface area (Å²) in [7, 11) is 0. The van der Waals surface area contributed by atoms with E-state index in [1.54, 1.807) is 24.3 Å². The highest BCUT2D eigenvalue weighted by molar-refractivity contribution is 7.99. The summed E-state index contributed by atoms with van der Waals surface area (Å²) in [6.45, 7) is 2.09. The quantitative estimate of drug-likeness (QED) is 0.105. The number of thioether (sulfide) groups is 1. The van der Waals surface area contributed by atoms with Crippen molar-refractivity contribution in [1.29, 1.82) is 0 Å². The number of hydrogen-bond acceptors (Lipinski definition) is 8. The Balaban J connectivity index is 0.964. The van der Waals surface area contributed by atoms with E-state index in [9.17, 15) is 9.90 Å². The molecule has 3 N–H and O–H groups in total. The molecule has 1 fully saturated rings. The van der Waals surface area contributed by atoms with Crippen molar-refractivity contribution in [2.24, 2.45) is 5.92 Å². The van der Waals surface area contributed by atoms with Gasteiger partial charge in [-0.15, -0.1) is 0 Å². The summed E-state index contributed by atoms with van der Waals surface area (Å²) in [5, 5.41) is 16.0. The number of hydrogen-bond donors (Lipinski definition) is 3. The van der Waals surface area contributed by atoms with Crippen LogP contribution >= 0.6 is 11.8 Å². The highest BCUT2D eigenvalue weighted by atomic mass is 32.2. The van der Waals surface area contributed by atoms with Gasteiger partial charge in [0.2, 0.25) is 0 Å². The fourth-order valence-electron chi connectivity index (χ4n) is 6.65. The molecule has 2 amide bonds. The average molecular weight is 776 g/mol. The maximum absolute atomic E-state index is 12.9. The third kappa shape index (κ3) is 9.28. The van der Waals surface area contributed by atoms with E-state index in [1.807, 2.05) is 140 Å². The first-order valence-corrected chi connectivity index (χ1v) is 19.7. The molecule has 1 aromatic heterocycles. The lowest BCUT2D eigenvalue weighted by molar-refractivity contribution is -0.268. The van der Waals surface area contributed by atoms with E-state index in [-0.39, 0.29) is 30.8 Å². The standard InChI is InChI=1S/C47H41N3O6S/c1-31-41(30-57-47-50-42(33-11-5-2-6-12-33)44(56-47)34-13-7-3-8-14-34)54-45(55-43(31)35-19-17-32(29-51)18-20-35)36-21-23-37(24-22-36)48-46(52)49-38-25-27-40(28-26-38)53-39-15-9-4-10-16-39/h2-28,31,41,43,45,51H,29-30H2,1H3,(H2,48,49,52). The molecule has 0 saturated carbocycles. The Morgan fingerprint density at radius 1 is 0.684 bits per heavy atom. The molecule has 0 aliphatic carbocycles. The molecule has 1 aliphatic rings. The first-order chi connectivity index (χ1) is 28.0. The summed E-state index contributed by atoms with van der Waals surface area (Å²) in [6, 6.07) is 51.7. The number of anilines is 2. The van der Waals surface area contributed by atoms with Crippen LogP contribution < -0.4 is 15.4 Å². The van der Waals surface area contributed by atoms with Crippen molar-refractivity contribution in [3.8, 4) is 34.1 Å². The number of ether oxygens (including phenoxy) is 3. The van der Waals surface area contributed by atoms with Gasteiger partial charge < -0.3 is 34.4 Å². The van der Waals surface area contributed by atoms with Gasteiger partial charge in [0.1, 0.15) is 17.2 Å². The zero-order chi connectivity index (χ0) is 39.0. The number of aliphatic hydroxyl groups excluding tert-OH is 1. The molecule has 1 aliphatic heterocycles. The molecule has 0 spiro atoms. The number of para-hydroxylation sites is 1. The molecular weight excluding hydrogens is 735 g/mol. The van der Waals surface area contributed by atoms with Crippen LogP contribution in [0, 0.1) is 5.92 Å². The van der Waals surface area contributed by atoms with E-state index in [1.165, 1.54) is 11.8 Å². The summed E-state index contributed by atoms with van der Waals surface area (Å²) in [6.07, 6.45) is -1.21. The van der Waals surface area contributed by atoms with Gasteiger partial charge in [-0.1, -0.05) is 134 Å². The van der Waals surface area contributed by atoms with Gasteiger partial charge >= 0.3 is 6.03 Å². The predicted octanol–water partition coefficient (Wildman–Crippen LogP) is 11.5. The van der Waals surface area contributed by atoms with Crippen LogP contribution in [0.1, 0.15) is 36.0 Å². The molecule has 57 heavy (non-hydrogen) atoms. The van der Waals surface area contributed by atoms with Crippen LogP contribution in [0.4, 0.5) is 16.2 Å². The molecule has 7 aromatic rings. The summed E-state index contributed by atoms with van der Waals surface area (Å²) in [5.74, 6) is 2.66. The number of aliphatic hydroxyl groups is 1. The number of carbonyl (C=O) groups is 1. The number of rotatable bonds is 12. The first-order valence-electron chi connectivity index (χ1n) is 18.7. The summed E-state index contributed by atoms with van der Waals surface area (Å²) >= 11 is 1.51. The van der Waals surface area contributed by atoms with E-state index in [0.717, 1.165) is 45.0 Å². The van der Waals surface area contributed by atoms with Crippen molar-refractivity contribution < 1.29 is 28.5 Å². The molecule has 1 saturated heterocycles. The van der Waals surface area contributed by atoms with E-state index < -0.39 is 6.29 Å². The Hall–Kier alpha value is -6.17. The van der Waals surface area contributed by atoms with Gasteiger partial charge in [0.15, 0.2) is 12.1 Å². The van der Waals surface area contributed by atoms with Crippen molar-refractivity contribution in [3.63, 3.8) is 0 Å². The van der Waals surface area contributed by atoms with E-state index in [4.69, 9.17) is 23.6 Å². The van der Waals surface area contributed by atoms with Gasteiger partial charge in [0.25, 0.3) is 5.22 Å². The SMILES string of the molecule is CC1C(CSc2nc(-c3ccccc3)c(-c3ccccc3)o2)OC(c2ccc(NC(=O)Nc3ccc(Oc4ccccc4)cc3)cc2)OC1c1ccc(CO)cc1. The second-order valence-corrected chi connectivity index (χ2v) is 14.6. The molecular formula is C47H41N3O6S. The van der Waals surface area contributed by atoms with Crippen molar-refractivity contribution in [2.45, 2.75) is 37.3 Å². The fraction of sp³-hybridized carbons (Fsp3) is 0.149. The zero-order valence-electron chi connectivity index (χ0n) is 31.2. The van der Waals surface area contributed by atoms with Gasteiger partial charge in [-0.2, -0.15) is 0 Å². The van der Waals surface area contributed by atoms with Crippen molar-refractivity contribution >= 4 is 29.2 Å². The van der Waals surface area contributed by atoms with Crippen LogP contribution in [0.2, 0.25) is 0 Å². The number of aromatic nitrogens is 1. The lowest BCUT2D eigenvalue weighted by atomic mass is 9.91. The second kappa shape index (κ2) is 17.7. The molecule has 0 radical (unpaired) electrons. The fourth-order valence-corrected chi connectivity index (χ4v) is 7.64. The van der Waals surface area contributed by atoms with Gasteiger partial charge in [0.05, 0.1) is 18.8 Å². The van der Waals surface area contributed by atoms with Crippen LogP contribution in [0.3, 0.4) is 0 Å². The first kappa shape index (κ1) is 37.7. The van der Waals surface area contributed by atoms with E-state index in [0.29, 0.717) is 28.1 Å². The minimum atomic E-state index is -0.682. The zero-order valence-corrected chi connectivity index (χ0v) is 32.0. The number of amides is 2. The van der Waals surface area contributed by atoms with E-state index >= 15 is 0 Å². The second-order valence-electron chi connectivity index (χ2n) is 13.7. The highest BCUT2D eigenvalue weighted by Crippen LogP contribution is 2.44. The van der Waals surface area contributed by atoms with Crippen LogP contribution in [-0.2, 0) is 16.1 Å². The Morgan fingerprint density at radius 3 is 1.88 bits per heavy atom. The molecule has 6 aromatic carbocycles. The van der Waals surface area contributed by atoms with Crippen LogP contribution in [-0.4, -0.2) is 28.0 Å². The van der Waals surface area contributed by atoms with Crippen molar-refractivity contribution in [2.75, 3.05) is 16.4 Å². The molecule has 2 heterocycles. The van der Waals surface area contributed by atoms with E-state index in [2.05, 4.69) is 17.6 Å². The molecule has 0 bridgehead atoms. The Kier molecular flexibility index (Phi) is 11.7. The number of carbonyl (C=O) groups excluding carboxylic acids is 1. The van der Waals surface area contributed by atoms with Crippen molar-refractivity contribution in [3.05, 3.63) is 180 Å². The van der Waals surface area contributed by atoms with Gasteiger partial charge in [-0.3, -0.25) is 0 Å². The monoisotopic (exact) mass is 775 g/mol. The predicted molar refractivity (Wildman–Crippen MR) is 223 cm³/mol. The molecule has 4 atom stereocenters. The Labute approximate surface area is 335 Å². The Bertz CT molecular complexity index is 2300. The number of oxazole rings is 1. The maximum Gasteiger partial charge on any atom is 0.323 e. The third-order valence-corrected chi connectivity index (χ3v) is 10.6.